The van der Waals surface area contributed by atoms with E-state index < -0.39 is 41.4 Å². The monoisotopic (exact) mass is 367 g/mol. The molecule has 0 saturated carbocycles. The molecule has 0 spiro atoms. The van der Waals surface area contributed by atoms with E-state index in [1.165, 1.54) is 6.07 Å². The molecule has 0 unspecified atom stereocenters. The zero-order valence-electron chi connectivity index (χ0n) is 16.2. The molecule has 1 heterocycles. The van der Waals surface area contributed by atoms with Crippen molar-refractivity contribution in [2.24, 2.45) is 0 Å². The predicted molar refractivity (Wildman–Crippen MR) is 98.5 cm³/mol. The molecule has 1 fully saturated rings. The van der Waals surface area contributed by atoms with Crippen LogP contribution in [0.1, 0.15) is 70.7 Å². The summed E-state index contributed by atoms with van der Waals surface area (Å²) in [6.07, 6.45) is 3.89. The van der Waals surface area contributed by atoms with Gasteiger partial charge >= 0.3 is 7.12 Å². The third-order valence-corrected chi connectivity index (χ3v) is 5.17. The molecular weight excluding hydrogens is 339 g/mol. The Labute approximate surface area is 154 Å². The maximum absolute atomic E-state index is 14.9. The van der Waals surface area contributed by atoms with E-state index in [1.807, 2.05) is 27.7 Å². The van der Waals surface area contributed by atoms with Crippen molar-refractivity contribution in [1.82, 2.24) is 5.32 Å². The lowest BCUT2D eigenvalue weighted by Gasteiger charge is -2.32. The van der Waals surface area contributed by atoms with Crippen LogP contribution in [0, 0.1) is 11.6 Å². The van der Waals surface area contributed by atoms with Crippen LogP contribution in [0.3, 0.4) is 0 Å². The lowest BCUT2D eigenvalue weighted by molar-refractivity contribution is 0.00578. The summed E-state index contributed by atoms with van der Waals surface area (Å²) in [5.41, 5.74) is -1.87. The van der Waals surface area contributed by atoms with Gasteiger partial charge in [-0.25, -0.2) is 8.78 Å². The van der Waals surface area contributed by atoms with Crippen LogP contribution in [0.5, 0.6) is 0 Å². The quantitative estimate of drug-likeness (QED) is 0.592. The molecule has 1 aliphatic heterocycles. The molecule has 144 valence electrons. The van der Waals surface area contributed by atoms with E-state index in [2.05, 4.69) is 12.2 Å². The van der Waals surface area contributed by atoms with Gasteiger partial charge in [0.2, 0.25) is 0 Å². The highest BCUT2D eigenvalue weighted by Gasteiger charge is 2.52. The number of benzene rings is 1. The molecule has 1 N–H and O–H groups in total. The predicted octanol–water partition coefficient (Wildman–Crippen LogP) is 3.57. The van der Waals surface area contributed by atoms with Crippen LogP contribution in [-0.4, -0.2) is 30.8 Å². The van der Waals surface area contributed by atoms with Gasteiger partial charge in [0.25, 0.3) is 5.91 Å². The SMILES string of the molecule is CCCCCCNC(=O)c1c(F)ccc(B2OC(C)(C)C(C)(C)O2)c1F. The highest BCUT2D eigenvalue weighted by atomic mass is 19.1. The molecule has 0 bridgehead atoms. The van der Waals surface area contributed by atoms with E-state index in [9.17, 15) is 13.6 Å². The molecule has 0 atom stereocenters. The zero-order chi connectivity index (χ0) is 19.5. The van der Waals surface area contributed by atoms with Crippen molar-refractivity contribution in [3.63, 3.8) is 0 Å². The molecular formula is C19H28BF2NO3. The summed E-state index contributed by atoms with van der Waals surface area (Å²) >= 11 is 0. The van der Waals surface area contributed by atoms with Crippen LogP contribution in [0.25, 0.3) is 0 Å². The molecule has 0 aliphatic carbocycles. The van der Waals surface area contributed by atoms with Gasteiger partial charge in [-0.3, -0.25) is 4.79 Å². The fourth-order valence-corrected chi connectivity index (χ4v) is 2.77. The normalized spacial score (nSPS) is 18.2. The minimum atomic E-state index is -0.989. The molecule has 4 nitrogen and oxygen atoms in total. The molecule has 1 aromatic carbocycles. The second-order valence-electron chi connectivity index (χ2n) is 7.73. The lowest BCUT2D eigenvalue weighted by Crippen LogP contribution is -2.41. The van der Waals surface area contributed by atoms with Gasteiger partial charge in [-0.05, 0) is 40.2 Å². The van der Waals surface area contributed by atoms with Crippen molar-refractivity contribution in [1.29, 1.82) is 0 Å². The average Bonchev–Trinajstić information content (AvgIpc) is 2.75. The van der Waals surface area contributed by atoms with Crippen LogP contribution in [0.15, 0.2) is 12.1 Å². The Bertz CT molecular complexity index is 648. The first-order valence-corrected chi connectivity index (χ1v) is 9.22. The molecule has 2 rings (SSSR count). The Morgan fingerprint density at radius 1 is 1.08 bits per heavy atom. The fourth-order valence-electron chi connectivity index (χ4n) is 2.77. The van der Waals surface area contributed by atoms with E-state index in [4.69, 9.17) is 9.31 Å². The van der Waals surface area contributed by atoms with Gasteiger partial charge in [0, 0.05) is 12.0 Å². The Hall–Kier alpha value is -1.47. The Morgan fingerprint density at radius 3 is 2.27 bits per heavy atom. The third-order valence-electron chi connectivity index (χ3n) is 5.17. The smallest absolute Gasteiger partial charge is 0.399 e. The van der Waals surface area contributed by atoms with E-state index in [0.29, 0.717) is 6.54 Å². The first-order chi connectivity index (χ1) is 12.1. The first kappa shape index (κ1) is 20.8. The van der Waals surface area contributed by atoms with Gasteiger partial charge in [-0.1, -0.05) is 32.3 Å². The third kappa shape index (κ3) is 4.26. The second-order valence-corrected chi connectivity index (χ2v) is 7.73. The van der Waals surface area contributed by atoms with Crippen LogP contribution < -0.4 is 10.8 Å². The van der Waals surface area contributed by atoms with E-state index >= 15 is 0 Å². The maximum Gasteiger partial charge on any atom is 0.497 e. The number of carbonyl (C=O) groups is 1. The topological polar surface area (TPSA) is 47.6 Å². The summed E-state index contributed by atoms with van der Waals surface area (Å²) in [5.74, 6) is -2.58. The van der Waals surface area contributed by atoms with Gasteiger partial charge < -0.3 is 14.6 Å². The van der Waals surface area contributed by atoms with Crippen molar-refractivity contribution in [2.75, 3.05) is 6.54 Å². The number of hydrogen-bond donors (Lipinski definition) is 1. The largest absolute Gasteiger partial charge is 0.497 e. The highest BCUT2D eigenvalue weighted by molar-refractivity contribution is 6.62. The average molecular weight is 367 g/mol. The highest BCUT2D eigenvalue weighted by Crippen LogP contribution is 2.36. The number of unbranched alkanes of at least 4 members (excludes halogenated alkanes) is 3. The van der Waals surface area contributed by atoms with Gasteiger partial charge in [0.1, 0.15) is 17.2 Å². The Balaban J connectivity index is 2.17. The molecule has 1 aromatic rings. The van der Waals surface area contributed by atoms with Crippen LogP contribution >= 0.6 is 0 Å². The standard InChI is InChI=1S/C19H28BF2NO3/c1-6-7-8-9-12-23-17(24)15-14(21)11-10-13(16(15)22)20-25-18(2,3)19(4,5)26-20/h10-11H,6-9,12H2,1-5H3,(H,23,24). The number of rotatable bonds is 7. The molecule has 26 heavy (non-hydrogen) atoms. The zero-order valence-corrected chi connectivity index (χ0v) is 16.2. The number of amides is 1. The number of halogens is 2. The summed E-state index contributed by atoms with van der Waals surface area (Å²) in [4.78, 5) is 12.3. The Kier molecular flexibility index (Phi) is 6.45. The number of hydrogen-bond acceptors (Lipinski definition) is 3. The molecule has 0 radical (unpaired) electrons. The fraction of sp³-hybridized carbons (Fsp3) is 0.632. The van der Waals surface area contributed by atoms with Gasteiger partial charge in [0.05, 0.1) is 11.2 Å². The lowest BCUT2D eigenvalue weighted by atomic mass is 9.77. The second kappa shape index (κ2) is 8.05. The molecule has 7 heteroatoms. The van der Waals surface area contributed by atoms with Crippen molar-refractivity contribution in [3.8, 4) is 0 Å². The van der Waals surface area contributed by atoms with E-state index in [0.717, 1.165) is 31.7 Å². The van der Waals surface area contributed by atoms with Crippen LogP contribution in [0.2, 0.25) is 0 Å². The van der Waals surface area contributed by atoms with E-state index in [1.54, 1.807) is 0 Å². The van der Waals surface area contributed by atoms with Crippen molar-refractivity contribution in [2.45, 2.75) is 71.5 Å². The van der Waals surface area contributed by atoms with Crippen molar-refractivity contribution < 1.29 is 22.9 Å². The van der Waals surface area contributed by atoms with E-state index in [-0.39, 0.29) is 5.46 Å². The number of nitrogens with one attached hydrogen (secondary N) is 1. The number of carbonyl (C=O) groups excluding carboxylic acids is 1. The summed E-state index contributed by atoms with van der Waals surface area (Å²) in [6, 6.07) is 2.35. The minimum absolute atomic E-state index is 0.0289. The summed E-state index contributed by atoms with van der Waals surface area (Å²) in [5, 5.41) is 2.59. The maximum atomic E-state index is 14.9. The van der Waals surface area contributed by atoms with Gasteiger partial charge in [0.15, 0.2) is 0 Å². The van der Waals surface area contributed by atoms with Crippen LogP contribution in [0.4, 0.5) is 8.78 Å². The summed E-state index contributed by atoms with van der Waals surface area (Å²) < 4.78 is 40.7. The van der Waals surface area contributed by atoms with Gasteiger partial charge in [-0.15, -0.1) is 0 Å². The molecule has 0 aromatic heterocycles. The van der Waals surface area contributed by atoms with Gasteiger partial charge in [-0.2, -0.15) is 0 Å². The summed E-state index contributed by atoms with van der Waals surface area (Å²) in [6.45, 7) is 9.86. The molecule has 1 saturated heterocycles. The molecule has 1 amide bonds. The van der Waals surface area contributed by atoms with Crippen molar-refractivity contribution >= 4 is 18.5 Å². The Morgan fingerprint density at radius 2 is 1.69 bits per heavy atom. The van der Waals surface area contributed by atoms with Crippen molar-refractivity contribution in [3.05, 3.63) is 29.3 Å². The minimum Gasteiger partial charge on any atom is -0.399 e. The molecule has 1 aliphatic rings. The van der Waals surface area contributed by atoms with Crippen LogP contribution in [-0.2, 0) is 9.31 Å². The summed E-state index contributed by atoms with van der Waals surface area (Å²) in [7, 11) is -0.989. The first-order valence-electron chi connectivity index (χ1n) is 9.22.